The summed E-state index contributed by atoms with van der Waals surface area (Å²) in [6.07, 6.45) is -11.9. The predicted octanol–water partition coefficient (Wildman–Crippen LogP) is 3.69. The molecule has 0 amide bonds. The van der Waals surface area contributed by atoms with E-state index in [2.05, 4.69) is 0 Å². The molecular formula is C14H6F10N2O4S. The number of rotatable bonds is 2. The van der Waals surface area contributed by atoms with Gasteiger partial charge in [-0.2, -0.15) is 26.3 Å². The molecule has 6 N–H and O–H groups in total. The van der Waals surface area contributed by atoms with Crippen molar-refractivity contribution in [1.29, 1.82) is 0 Å². The van der Waals surface area contributed by atoms with Gasteiger partial charge in [-0.1, -0.05) is 0 Å². The van der Waals surface area contributed by atoms with Crippen LogP contribution in [0.1, 0.15) is 11.1 Å². The fourth-order valence-electron chi connectivity index (χ4n) is 2.44. The highest BCUT2D eigenvalue weighted by Gasteiger charge is 2.48. The van der Waals surface area contributed by atoms with Gasteiger partial charge in [0.15, 0.2) is 34.8 Å². The third kappa shape index (κ3) is 3.51. The quantitative estimate of drug-likeness (QED) is 0.290. The first kappa shape index (κ1) is 24.2. The zero-order valence-corrected chi connectivity index (χ0v) is 14.9. The van der Waals surface area contributed by atoms with E-state index in [1.165, 1.54) is 0 Å². The SMILES string of the molecule is Nc1c(O)c(C(F)(F)F)c(F)c(S(=O)(=O)c2c(F)c(N)c(O)c(C(F)(F)F)c2F)c1F. The summed E-state index contributed by atoms with van der Waals surface area (Å²) >= 11 is 0. The van der Waals surface area contributed by atoms with Gasteiger partial charge in [0.05, 0.1) is 0 Å². The molecule has 0 fully saturated rings. The van der Waals surface area contributed by atoms with Crippen LogP contribution in [-0.4, -0.2) is 18.6 Å². The highest BCUT2D eigenvalue weighted by atomic mass is 32.2. The molecule has 2 rings (SSSR count). The van der Waals surface area contributed by atoms with Crippen LogP contribution in [0.5, 0.6) is 11.5 Å². The molecule has 172 valence electrons. The molecule has 17 heteroatoms. The number of nitrogen functional groups attached to an aromatic ring is 2. The largest absolute Gasteiger partial charge is 0.505 e. The Balaban J connectivity index is 3.14. The number of sulfone groups is 1. The standard InChI is InChI=1S/C14H6F10N2O4S/c15-3-1(13(19,20)21)9(27)7(25)5(17)11(3)31(29,30)12-4(16)2(14(22,23)24)10(28)8(26)6(12)18/h27-28H,25-26H2. The Morgan fingerprint density at radius 3 is 1.10 bits per heavy atom. The fourth-order valence-corrected chi connectivity index (χ4v) is 4.01. The topological polar surface area (TPSA) is 127 Å². The minimum Gasteiger partial charge on any atom is -0.505 e. The van der Waals surface area contributed by atoms with Crippen molar-refractivity contribution in [2.75, 3.05) is 11.5 Å². The lowest BCUT2D eigenvalue weighted by Gasteiger charge is -2.19. The summed E-state index contributed by atoms with van der Waals surface area (Å²) in [5.74, 6) is -16.4. The second-order valence-corrected chi connectivity index (χ2v) is 7.51. The molecule has 0 spiro atoms. The van der Waals surface area contributed by atoms with Crippen molar-refractivity contribution in [3.05, 3.63) is 34.4 Å². The first-order chi connectivity index (χ1) is 13.8. The third-order valence-corrected chi connectivity index (χ3v) is 5.59. The van der Waals surface area contributed by atoms with E-state index in [1.54, 1.807) is 0 Å². The summed E-state index contributed by atoms with van der Waals surface area (Å²) in [6.45, 7) is 0. The molecule has 0 aromatic heterocycles. The second-order valence-electron chi connectivity index (χ2n) is 5.69. The van der Waals surface area contributed by atoms with Crippen molar-refractivity contribution in [1.82, 2.24) is 0 Å². The fraction of sp³-hybridized carbons (Fsp3) is 0.143. The van der Waals surface area contributed by atoms with Crippen LogP contribution in [0.2, 0.25) is 0 Å². The van der Waals surface area contributed by atoms with Crippen LogP contribution in [-0.2, 0) is 22.2 Å². The van der Waals surface area contributed by atoms with Gasteiger partial charge in [-0.05, 0) is 0 Å². The first-order valence-corrected chi connectivity index (χ1v) is 8.64. The summed E-state index contributed by atoms with van der Waals surface area (Å²) in [5, 5.41) is 18.5. The Morgan fingerprint density at radius 2 is 0.871 bits per heavy atom. The molecule has 0 saturated heterocycles. The van der Waals surface area contributed by atoms with E-state index in [9.17, 15) is 62.5 Å². The van der Waals surface area contributed by atoms with Gasteiger partial charge in [-0.25, -0.2) is 26.0 Å². The van der Waals surface area contributed by atoms with Crippen molar-refractivity contribution in [2.24, 2.45) is 0 Å². The number of hydrogen-bond acceptors (Lipinski definition) is 6. The van der Waals surface area contributed by atoms with Crippen molar-refractivity contribution < 1.29 is 62.5 Å². The lowest BCUT2D eigenvalue weighted by molar-refractivity contribution is -0.142. The molecule has 0 aliphatic heterocycles. The van der Waals surface area contributed by atoms with Gasteiger partial charge >= 0.3 is 12.4 Å². The Morgan fingerprint density at radius 1 is 0.613 bits per heavy atom. The predicted molar refractivity (Wildman–Crippen MR) is 80.3 cm³/mol. The normalized spacial score (nSPS) is 13.0. The molecule has 2 aromatic rings. The summed E-state index contributed by atoms with van der Waals surface area (Å²) < 4.78 is 160. The maximum Gasteiger partial charge on any atom is 0.422 e. The van der Waals surface area contributed by atoms with E-state index >= 15 is 0 Å². The lowest BCUT2D eigenvalue weighted by atomic mass is 10.1. The van der Waals surface area contributed by atoms with Gasteiger partial charge in [0, 0.05) is 0 Å². The molecule has 0 aliphatic rings. The molecule has 0 unspecified atom stereocenters. The molecule has 0 bridgehead atoms. The minimum absolute atomic E-state index is 2.05. The molecule has 0 atom stereocenters. The number of phenolic OH excluding ortho intramolecular Hbond substituents is 2. The van der Waals surface area contributed by atoms with E-state index in [0.717, 1.165) is 0 Å². The number of nitrogens with two attached hydrogens (primary N) is 2. The first-order valence-electron chi connectivity index (χ1n) is 7.16. The average Bonchev–Trinajstić information content (AvgIpc) is 2.55. The number of hydrogen-bond donors (Lipinski definition) is 4. The highest BCUT2D eigenvalue weighted by Crippen LogP contribution is 2.49. The summed E-state index contributed by atoms with van der Waals surface area (Å²) in [7, 11) is -6.59. The molecule has 0 radical (unpaired) electrons. The van der Waals surface area contributed by atoms with E-state index in [1.807, 2.05) is 0 Å². The van der Waals surface area contributed by atoms with Crippen molar-refractivity contribution >= 4 is 21.2 Å². The molecular weight excluding hydrogens is 482 g/mol. The summed E-state index contributed by atoms with van der Waals surface area (Å²) in [4.78, 5) is -5.66. The lowest BCUT2D eigenvalue weighted by Crippen LogP contribution is -2.21. The number of anilines is 2. The van der Waals surface area contributed by atoms with E-state index in [0.29, 0.717) is 0 Å². The number of phenols is 2. The van der Waals surface area contributed by atoms with Gasteiger partial charge in [0.2, 0.25) is 9.84 Å². The Kier molecular flexibility index (Phi) is 5.42. The van der Waals surface area contributed by atoms with Crippen LogP contribution in [0.4, 0.5) is 55.3 Å². The number of alkyl halides is 6. The smallest absolute Gasteiger partial charge is 0.422 e. The van der Waals surface area contributed by atoms with Gasteiger partial charge in [-0.3, -0.25) is 0 Å². The Bertz CT molecular complexity index is 1120. The molecule has 2 aromatic carbocycles. The minimum atomic E-state index is -6.59. The number of benzene rings is 2. The molecule has 0 heterocycles. The van der Waals surface area contributed by atoms with Crippen LogP contribution >= 0.6 is 0 Å². The van der Waals surface area contributed by atoms with E-state index < -0.39 is 89.3 Å². The second kappa shape index (κ2) is 6.96. The maximum absolute atomic E-state index is 14.3. The zero-order valence-electron chi connectivity index (χ0n) is 14.1. The monoisotopic (exact) mass is 488 g/mol. The number of aromatic hydroxyl groups is 2. The molecule has 0 aliphatic carbocycles. The van der Waals surface area contributed by atoms with Crippen LogP contribution in [0.3, 0.4) is 0 Å². The zero-order chi connectivity index (χ0) is 24.4. The van der Waals surface area contributed by atoms with Gasteiger partial charge in [0.1, 0.15) is 32.3 Å². The molecule has 0 saturated carbocycles. The molecule has 6 nitrogen and oxygen atoms in total. The van der Waals surface area contributed by atoms with Gasteiger partial charge in [0.25, 0.3) is 0 Å². The van der Waals surface area contributed by atoms with Gasteiger partial charge < -0.3 is 21.7 Å². The van der Waals surface area contributed by atoms with Crippen molar-refractivity contribution in [2.45, 2.75) is 22.1 Å². The average molecular weight is 488 g/mol. The molecule has 31 heavy (non-hydrogen) atoms. The summed E-state index contributed by atoms with van der Waals surface area (Å²) in [5.41, 5.74) is -0.323. The van der Waals surface area contributed by atoms with Crippen molar-refractivity contribution in [3.8, 4) is 11.5 Å². The van der Waals surface area contributed by atoms with Crippen LogP contribution < -0.4 is 11.5 Å². The van der Waals surface area contributed by atoms with Crippen LogP contribution in [0, 0.1) is 23.3 Å². The van der Waals surface area contributed by atoms with Crippen LogP contribution in [0.15, 0.2) is 9.79 Å². The Labute approximate surface area is 164 Å². The number of halogens is 10. The van der Waals surface area contributed by atoms with Crippen molar-refractivity contribution in [3.63, 3.8) is 0 Å². The highest BCUT2D eigenvalue weighted by molar-refractivity contribution is 7.91. The van der Waals surface area contributed by atoms with Crippen LogP contribution in [0.25, 0.3) is 0 Å². The van der Waals surface area contributed by atoms with E-state index in [4.69, 9.17) is 11.5 Å². The summed E-state index contributed by atoms with van der Waals surface area (Å²) in [6, 6.07) is 0. The van der Waals surface area contributed by atoms with E-state index in [-0.39, 0.29) is 0 Å². The third-order valence-electron chi connectivity index (χ3n) is 3.80. The maximum atomic E-state index is 14.3. The van der Waals surface area contributed by atoms with Gasteiger partial charge in [-0.15, -0.1) is 0 Å². The Hall–Kier alpha value is -3.11.